The predicted molar refractivity (Wildman–Crippen MR) is 76.2 cm³/mol. The van der Waals surface area contributed by atoms with Crippen LogP contribution in [0.15, 0.2) is 0 Å². The van der Waals surface area contributed by atoms with E-state index in [-0.39, 0.29) is 5.92 Å². The van der Waals surface area contributed by atoms with Crippen molar-refractivity contribution < 1.29 is 0 Å². The zero-order chi connectivity index (χ0) is 12.7. The molecule has 1 fully saturated rings. The molecule has 0 saturated heterocycles. The van der Waals surface area contributed by atoms with Crippen LogP contribution in [0.5, 0.6) is 0 Å². The molecule has 0 bridgehead atoms. The van der Waals surface area contributed by atoms with E-state index < -0.39 is 0 Å². The van der Waals surface area contributed by atoms with Crippen LogP contribution in [0.2, 0.25) is 0 Å². The van der Waals surface area contributed by atoms with Gasteiger partial charge >= 0.3 is 0 Å². The standard InChI is InChI=1S/C14H26N2S/c1-12(9-10-17-3)16(2)14-8-6-4-5-7-13(14)11-15/h12-14H,4-10H2,1-3H3. The normalized spacial score (nSPS) is 27.5. The van der Waals surface area contributed by atoms with Gasteiger partial charge in [-0.3, -0.25) is 4.90 Å². The Hall–Kier alpha value is -0.200. The van der Waals surface area contributed by atoms with Crippen molar-refractivity contribution in [1.29, 1.82) is 5.26 Å². The van der Waals surface area contributed by atoms with Gasteiger partial charge in [0.1, 0.15) is 0 Å². The van der Waals surface area contributed by atoms with Crippen LogP contribution in [-0.2, 0) is 0 Å². The smallest absolute Gasteiger partial charge is 0.0672 e. The fourth-order valence-corrected chi connectivity index (χ4v) is 3.32. The molecule has 3 atom stereocenters. The molecule has 0 heterocycles. The largest absolute Gasteiger partial charge is 0.299 e. The topological polar surface area (TPSA) is 27.0 Å². The molecule has 98 valence electrons. The summed E-state index contributed by atoms with van der Waals surface area (Å²) in [6, 6.07) is 3.62. The highest BCUT2D eigenvalue weighted by atomic mass is 32.2. The Morgan fingerprint density at radius 3 is 2.71 bits per heavy atom. The fourth-order valence-electron chi connectivity index (χ4n) is 2.75. The van der Waals surface area contributed by atoms with E-state index in [0.29, 0.717) is 12.1 Å². The van der Waals surface area contributed by atoms with Crippen molar-refractivity contribution >= 4 is 11.8 Å². The van der Waals surface area contributed by atoms with Crippen LogP contribution < -0.4 is 0 Å². The number of nitriles is 1. The maximum atomic E-state index is 9.31. The van der Waals surface area contributed by atoms with Crippen molar-refractivity contribution in [1.82, 2.24) is 4.90 Å². The van der Waals surface area contributed by atoms with Gasteiger partial charge in [-0.25, -0.2) is 0 Å². The lowest BCUT2D eigenvalue weighted by atomic mass is 9.94. The summed E-state index contributed by atoms with van der Waals surface area (Å²) in [5, 5.41) is 9.31. The molecule has 0 aromatic heterocycles. The number of hydrogen-bond donors (Lipinski definition) is 0. The number of thioether (sulfide) groups is 1. The van der Waals surface area contributed by atoms with Crippen molar-refractivity contribution in [3.05, 3.63) is 0 Å². The third-order valence-electron chi connectivity index (χ3n) is 4.10. The maximum Gasteiger partial charge on any atom is 0.0672 e. The molecule has 0 aromatic carbocycles. The zero-order valence-corrected chi connectivity index (χ0v) is 12.3. The fraction of sp³-hybridized carbons (Fsp3) is 0.929. The Labute approximate surface area is 111 Å². The monoisotopic (exact) mass is 254 g/mol. The minimum absolute atomic E-state index is 0.249. The molecule has 0 aromatic rings. The van der Waals surface area contributed by atoms with Crippen LogP contribution in [0.1, 0.15) is 45.4 Å². The third kappa shape index (κ3) is 4.52. The SMILES string of the molecule is CSCCC(C)N(C)C1CCCCCC1C#N. The van der Waals surface area contributed by atoms with Gasteiger partial charge in [-0.1, -0.05) is 19.3 Å². The first kappa shape index (κ1) is 14.9. The summed E-state index contributed by atoms with van der Waals surface area (Å²) in [5.41, 5.74) is 0. The molecule has 2 nitrogen and oxygen atoms in total. The van der Waals surface area contributed by atoms with E-state index in [2.05, 4.69) is 31.2 Å². The first-order valence-corrected chi connectivity index (χ1v) is 8.20. The van der Waals surface area contributed by atoms with Crippen molar-refractivity contribution in [3.63, 3.8) is 0 Å². The molecule has 3 heteroatoms. The molecular formula is C14H26N2S. The van der Waals surface area contributed by atoms with Gasteiger partial charge in [-0.2, -0.15) is 17.0 Å². The number of nitrogens with zero attached hydrogens (tertiary/aromatic N) is 2. The van der Waals surface area contributed by atoms with Gasteiger partial charge in [0.25, 0.3) is 0 Å². The highest BCUT2D eigenvalue weighted by Crippen LogP contribution is 2.28. The quantitative estimate of drug-likeness (QED) is 0.702. The molecule has 1 rings (SSSR count). The second-order valence-electron chi connectivity index (χ2n) is 5.24. The lowest BCUT2D eigenvalue weighted by Gasteiger charge is -2.35. The Morgan fingerprint density at radius 1 is 1.35 bits per heavy atom. The first-order chi connectivity index (χ1) is 8.20. The molecule has 1 aliphatic rings. The minimum atomic E-state index is 0.249. The average Bonchev–Trinajstić information content (AvgIpc) is 2.59. The molecule has 1 aliphatic carbocycles. The van der Waals surface area contributed by atoms with Crippen LogP contribution in [0.25, 0.3) is 0 Å². The summed E-state index contributed by atoms with van der Waals surface area (Å²) < 4.78 is 0. The van der Waals surface area contributed by atoms with Crippen LogP contribution in [0.4, 0.5) is 0 Å². The molecule has 1 saturated carbocycles. The van der Waals surface area contributed by atoms with E-state index in [1.165, 1.54) is 37.9 Å². The van der Waals surface area contributed by atoms with Gasteiger partial charge in [0.05, 0.1) is 12.0 Å². The van der Waals surface area contributed by atoms with E-state index in [0.717, 1.165) is 6.42 Å². The first-order valence-electron chi connectivity index (χ1n) is 6.81. The summed E-state index contributed by atoms with van der Waals surface area (Å²) in [6.07, 6.45) is 9.54. The maximum absolute atomic E-state index is 9.31. The molecule has 0 spiro atoms. The molecule has 0 radical (unpaired) electrons. The van der Waals surface area contributed by atoms with Crippen molar-refractivity contribution in [2.24, 2.45) is 5.92 Å². The highest BCUT2D eigenvalue weighted by Gasteiger charge is 2.28. The average molecular weight is 254 g/mol. The predicted octanol–water partition coefficient (Wildman–Crippen LogP) is 3.53. The van der Waals surface area contributed by atoms with E-state index >= 15 is 0 Å². The van der Waals surface area contributed by atoms with E-state index in [1.54, 1.807) is 0 Å². The van der Waals surface area contributed by atoms with Crippen molar-refractivity contribution in [2.75, 3.05) is 19.1 Å². The Kier molecular flexibility index (Phi) is 6.99. The van der Waals surface area contributed by atoms with Crippen LogP contribution in [0, 0.1) is 17.2 Å². The van der Waals surface area contributed by atoms with Gasteiger partial charge < -0.3 is 0 Å². The molecule has 3 unspecified atom stereocenters. The van der Waals surface area contributed by atoms with Crippen LogP contribution >= 0.6 is 11.8 Å². The highest BCUT2D eigenvalue weighted by molar-refractivity contribution is 7.98. The Balaban J connectivity index is 2.57. The van der Waals surface area contributed by atoms with E-state index in [9.17, 15) is 5.26 Å². The van der Waals surface area contributed by atoms with Gasteiger partial charge in [0.2, 0.25) is 0 Å². The number of hydrogen-bond acceptors (Lipinski definition) is 3. The van der Waals surface area contributed by atoms with Crippen LogP contribution in [-0.4, -0.2) is 36.0 Å². The third-order valence-corrected chi connectivity index (χ3v) is 4.75. The molecule has 0 N–H and O–H groups in total. The minimum Gasteiger partial charge on any atom is -0.299 e. The van der Waals surface area contributed by atoms with Gasteiger partial charge in [-0.15, -0.1) is 0 Å². The lowest BCUT2D eigenvalue weighted by Crippen LogP contribution is -2.42. The van der Waals surface area contributed by atoms with Crippen molar-refractivity contribution in [2.45, 2.75) is 57.5 Å². The molecule has 0 amide bonds. The van der Waals surface area contributed by atoms with Crippen molar-refractivity contribution in [3.8, 4) is 6.07 Å². The zero-order valence-electron chi connectivity index (χ0n) is 11.5. The van der Waals surface area contributed by atoms with E-state index in [4.69, 9.17) is 0 Å². The second-order valence-corrected chi connectivity index (χ2v) is 6.22. The summed E-state index contributed by atoms with van der Waals surface area (Å²) in [7, 11) is 2.21. The summed E-state index contributed by atoms with van der Waals surface area (Å²) in [5.74, 6) is 1.47. The van der Waals surface area contributed by atoms with Crippen LogP contribution in [0.3, 0.4) is 0 Å². The van der Waals surface area contributed by atoms with Gasteiger partial charge in [0, 0.05) is 12.1 Å². The Bertz CT molecular complexity index is 249. The second kappa shape index (κ2) is 8.00. The number of rotatable bonds is 5. The van der Waals surface area contributed by atoms with Gasteiger partial charge in [0.15, 0.2) is 0 Å². The van der Waals surface area contributed by atoms with Gasteiger partial charge in [-0.05, 0) is 45.2 Å². The van der Waals surface area contributed by atoms with E-state index in [1.807, 2.05) is 11.8 Å². The molecule has 17 heavy (non-hydrogen) atoms. The summed E-state index contributed by atoms with van der Waals surface area (Å²) in [4.78, 5) is 2.47. The summed E-state index contributed by atoms with van der Waals surface area (Å²) in [6.45, 7) is 2.30. The lowest BCUT2D eigenvalue weighted by molar-refractivity contribution is 0.141. The molecule has 0 aliphatic heterocycles. The molecular weight excluding hydrogens is 228 g/mol. The Morgan fingerprint density at radius 2 is 2.06 bits per heavy atom. The summed E-state index contributed by atoms with van der Waals surface area (Å²) >= 11 is 1.91.